The van der Waals surface area contributed by atoms with E-state index in [1.807, 2.05) is 0 Å². The zero-order valence-corrected chi connectivity index (χ0v) is 8.00. The first-order valence-electron chi connectivity index (χ1n) is 5.23. The van der Waals surface area contributed by atoms with E-state index in [0.29, 0.717) is 6.04 Å². The minimum atomic E-state index is 0.468. The van der Waals surface area contributed by atoms with Crippen LogP contribution in [-0.2, 0) is 0 Å². The molecule has 1 aliphatic carbocycles. The highest BCUT2D eigenvalue weighted by molar-refractivity contribution is 4.87. The van der Waals surface area contributed by atoms with Crippen LogP contribution in [0.15, 0.2) is 0 Å². The maximum Gasteiger partial charge on any atom is 0.0196 e. The zero-order chi connectivity index (χ0) is 8.55. The van der Waals surface area contributed by atoms with Crippen molar-refractivity contribution >= 4 is 0 Å². The summed E-state index contributed by atoms with van der Waals surface area (Å²) in [5.74, 6) is 1.76. The first-order valence-corrected chi connectivity index (χ1v) is 5.23. The minimum absolute atomic E-state index is 0.468. The van der Waals surface area contributed by atoms with Gasteiger partial charge in [0.05, 0.1) is 0 Å². The molecule has 0 bridgehead atoms. The van der Waals surface area contributed by atoms with Crippen LogP contribution in [0.5, 0.6) is 0 Å². The van der Waals surface area contributed by atoms with E-state index in [1.54, 1.807) is 0 Å². The van der Waals surface area contributed by atoms with E-state index >= 15 is 0 Å². The molecule has 12 heavy (non-hydrogen) atoms. The molecule has 70 valence electrons. The fraction of sp³-hybridized carbons (Fsp3) is 1.00. The van der Waals surface area contributed by atoms with Crippen molar-refractivity contribution in [2.75, 3.05) is 19.6 Å². The Morgan fingerprint density at radius 1 is 1.42 bits per heavy atom. The SMILES string of the molecule is CC1CCN(CC(N)C2CC2)C1. The molecular weight excluding hydrogens is 148 g/mol. The van der Waals surface area contributed by atoms with Gasteiger partial charge in [-0.05, 0) is 37.6 Å². The number of nitrogens with two attached hydrogens (primary N) is 1. The Labute approximate surface area is 75.1 Å². The third kappa shape index (κ3) is 1.99. The van der Waals surface area contributed by atoms with E-state index in [4.69, 9.17) is 5.73 Å². The molecule has 2 N–H and O–H groups in total. The average molecular weight is 168 g/mol. The maximum atomic E-state index is 6.06. The molecule has 0 spiro atoms. The monoisotopic (exact) mass is 168 g/mol. The fourth-order valence-electron chi connectivity index (χ4n) is 2.16. The molecule has 2 aliphatic rings. The molecule has 2 heteroatoms. The van der Waals surface area contributed by atoms with Crippen LogP contribution in [0.3, 0.4) is 0 Å². The molecule has 0 aromatic heterocycles. The normalized spacial score (nSPS) is 34.0. The van der Waals surface area contributed by atoms with E-state index in [0.717, 1.165) is 18.4 Å². The molecule has 1 aliphatic heterocycles. The van der Waals surface area contributed by atoms with E-state index in [9.17, 15) is 0 Å². The molecule has 2 unspecified atom stereocenters. The smallest absolute Gasteiger partial charge is 0.0196 e. The van der Waals surface area contributed by atoms with Crippen molar-refractivity contribution in [1.82, 2.24) is 4.90 Å². The van der Waals surface area contributed by atoms with Crippen molar-refractivity contribution in [3.8, 4) is 0 Å². The molecule has 0 amide bonds. The van der Waals surface area contributed by atoms with Gasteiger partial charge in [-0.2, -0.15) is 0 Å². The van der Waals surface area contributed by atoms with Crippen LogP contribution in [-0.4, -0.2) is 30.6 Å². The van der Waals surface area contributed by atoms with Crippen LogP contribution >= 0.6 is 0 Å². The first-order chi connectivity index (χ1) is 5.75. The Kier molecular flexibility index (Phi) is 2.37. The summed E-state index contributed by atoms with van der Waals surface area (Å²) in [7, 11) is 0. The summed E-state index contributed by atoms with van der Waals surface area (Å²) < 4.78 is 0. The van der Waals surface area contributed by atoms with Gasteiger partial charge in [-0.25, -0.2) is 0 Å². The van der Waals surface area contributed by atoms with E-state index < -0.39 is 0 Å². The second-order valence-electron chi connectivity index (χ2n) is 4.65. The summed E-state index contributed by atoms with van der Waals surface area (Å²) in [4.78, 5) is 2.54. The van der Waals surface area contributed by atoms with Crippen LogP contribution in [0.2, 0.25) is 0 Å². The van der Waals surface area contributed by atoms with Crippen molar-refractivity contribution in [3.63, 3.8) is 0 Å². The second-order valence-corrected chi connectivity index (χ2v) is 4.65. The van der Waals surface area contributed by atoms with Gasteiger partial charge in [-0.3, -0.25) is 0 Å². The Morgan fingerprint density at radius 2 is 2.17 bits per heavy atom. The Bertz CT molecular complexity index is 154. The predicted octanol–water partition coefficient (Wildman–Crippen LogP) is 1.07. The van der Waals surface area contributed by atoms with Gasteiger partial charge in [0.25, 0.3) is 0 Å². The summed E-state index contributed by atoms with van der Waals surface area (Å²) >= 11 is 0. The van der Waals surface area contributed by atoms with E-state index in [1.165, 1.54) is 32.4 Å². The topological polar surface area (TPSA) is 29.3 Å². The average Bonchev–Trinajstić information content (AvgIpc) is 2.78. The minimum Gasteiger partial charge on any atom is -0.326 e. The predicted molar refractivity (Wildman–Crippen MR) is 50.9 cm³/mol. The summed E-state index contributed by atoms with van der Waals surface area (Å²) in [6.45, 7) is 6.04. The molecule has 1 saturated carbocycles. The molecule has 2 nitrogen and oxygen atoms in total. The molecule has 1 heterocycles. The molecule has 2 fully saturated rings. The van der Waals surface area contributed by atoms with Gasteiger partial charge in [0.15, 0.2) is 0 Å². The highest BCUT2D eigenvalue weighted by atomic mass is 15.2. The van der Waals surface area contributed by atoms with Crippen molar-refractivity contribution < 1.29 is 0 Å². The lowest BCUT2D eigenvalue weighted by molar-refractivity contribution is 0.293. The maximum absolute atomic E-state index is 6.06. The zero-order valence-electron chi connectivity index (χ0n) is 8.00. The lowest BCUT2D eigenvalue weighted by Gasteiger charge is -2.19. The molecule has 0 aromatic rings. The van der Waals surface area contributed by atoms with Gasteiger partial charge >= 0.3 is 0 Å². The third-order valence-corrected chi connectivity index (χ3v) is 3.20. The summed E-state index contributed by atoms with van der Waals surface area (Å²) in [6, 6.07) is 0.468. The van der Waals surface area contributed by atoms with Crippen LogP contribution in [0, 0.1) is 11.8 Å². The quantitative estimate of drug-likeness (QED) is 0.683. The summed E-state index contributed by atoms with van der Waals surface area (Å²) in [5, 5.41) is 0. The van der Waals surface area contributed by atoms with Crippen LogP contribution < -0.4 is 5.73 Å². The van der Waals surface area contributed by atoms with Gasteiger partial charge in [-0.15, -0.1) is 0 Å². The Balaban J connectivity index is 1.71. The molecule has 0 radical (unpaired) electrons. The Morgan fingerprint density at radius 3 is 2.67 bits per heavy atom. The van der Waals surface area contributed by atoms with Crippen LogP contribution in [0.25, 0.3) is 0 Å². The second kappa shape index (κ2) is 3.35. The highest BCUT2D eigenvalue weighted by Crippen LogP contribution is 2.32. The number of hydrogen-bond donors (Lipinski definition) is 1. The van der Waals surface area contributed by atoms with Crippen molar-refractivity contribution in [3.05, 3.63) is 0 Å². The number of likely N-dealkylation sites (tertiary alicyclic amines) is 1. The Hall–Kier alpha value is -0.0800. The molecular formula is C10H20N2. The number of rotatable bonds is 3. The van der Waals surface area contributed by atoms with Crippen LogP contribution in [0.1, 0.15) is 26.2 Å². The number of nitrogens with zero attached hydrogens (tertiary/aromatic N) is 1. The summed E-state index contributed by atoms with van der Waals surface area (Å²) in [5.41, 5.74) is 6.06. The van der Waals surface area contributed by atoms with Crippen LogP contribution in [0.4, 0.5) is 0 Å². The van der Waals surface area contributed by atoms with E-state index in [-0.39, 0.29) is 0 Å². The molecule has 2 atom stereocenters. The first kappa shape index (κ1) is 8.52. The fourth-order valence-corrected chi connectivity index (χ4v) is 2.16. The third-order valence-electron chi connectivity index (χ3n) is 3.20. The molecule has 1 saturated heterocycles. The highest BCUT2D eigenvalue weighted by Gasteiger charge is 2.30. The van der Waals surface area contributed by atoms with Gasteiger partial charge in [0.1, 0.15) is 0 Å². The van der Waals surface area contributed by atoms with Gasteiger partial charge < -0.3 is 10.6 Å². The largest absolute Gasteiger partial charge is 0.326 e. The molecule has 0 aromatic carbocycles. The molecule has 2 rings (SSSR count). The van der Waals surface area contributed by atoms with Crippen molar-refractivity contribution in [1.29, 1.82) is 0 Å². The van der Waals surface area contributed by atoms with E-state index in [2.05, 4.69) is 11.8 Å². The summed E-state index contributed by atoms with van der Waals surface area (Å²) in [6.07, 6.45) is 4.13. The van der Waals surface area contributed by atoms with Gasteiger partial charge in [-0.1, -0.05) is 6.92 Å². The standard InChI is InChI=1S/C10H20N2/c1-8-4-5-12(6-8)7-10(11)9-2-3-9/h8-10H,2-7,11H2,1H3. The van der Waals surface area contributed by atoms with Gasteiger partial charge in [0.2, 0.25) is 0 Å². The number of hydrogen-bond acceptors (Lipinski definition) is 2. The lowest BCUT2D eigenvalue weighted by Crippen LogP contribution is -2.37. The van der Waals surface area contributed by atoms with Gasteiger partial charge in [0, 0.05) is 19.1 Å². The lowest BCUT2D eigenvalue weighted by atomic mass is 10.2. The van der Waals surface area contributed by atoms with Crippen molar-refractivity contribution in [2.45, 2.75) is 32.2 Å². The van der Waals surface area contributed by atoms with Crippen molar-refractivity contribution in [2.24, 2.45) is 17.6 Å².